The minimum Gasteiger partial charge on any atom is -0.494 e. The Morgan fingerprint density at radius 3 is 2.76 bits per heavy atom. The number of anilines is 1. The number of methoxy groups -OCH3 is 1. The average molecular weight is 356 g/mol. The molecule has 0 saturated heterocycles. The maximum absolute atomic E-state index is 13.6. The Morgan fingerprint density at radius 1 is 1.24 bits per heavy atom. The van der Waals surface area contributed by atoms with E-state index in [1.807, 2.05) is 24.4 Å². The van der Waals surface area contributed by atoms with E-state index in [0.29, 0.717) is 5.82 Å². The van der Waals surface area contributed by atoms with Crippen molar-refractivity contribution in [2.75, 3.05) is 12.4 Å². The number of pyridine rings is 1. The van der Waals surface area contributed by atoms with E-state index >= 15 is 0 Å². The second kappa shape index (κ2) is 7.44. The molecule has 0 fully saturated rings. The van der Waals surface area contributed by atoms with Crippen molar-refractivity contribution >= 4 is 23.1 Å². The molecule has 0 unspecified atom stereocenters. The molecule has 1 atom stereocenters. The van der Waals surface area contributed by atoms with Crippen molar-refractivity contribution in [3.05, 3.63) is 64.7 Å². The van der Waals surface area contributed by atoms with Gasteiger partial charge in [-0.05, 0) is 53.8 Å². The van der Waals surface area contributed by atoms with E-state index in [9.17, 15) is 9.18 Å². The molecule has 1 aromatic carbocycles. The highest BCUT2D eigenvalue weighted by Gasteiger charge is 2.17. The monoisotopic (exact) mass is 356 g/mol. The van der Waals surface area contributed by atoms with E-state index < -0.39 is 5.82 Å². The molecular weight excluding hydrogens is 339 g/mol. The number of amides is 1. The number of carbonyl (C=O) groups is 1. The van der Waals surface area contributed by atoms with E-state index in [4.69, 9.17) is 4.74 Å². The van der Waals surface area contributed by atoms with Gasteiger partial charge < -0.3 is 10.1 Å². The highest BCUT2D eigenvalue weighted by Crippen LogP contribution is 2.28. The topological polar surface area (TPSA) is 51.2 Å². The fourth-order valence-electron chi connectivity index (χ4n) is 2.42. The number of hydrogen-bond acceptors (Lipinski definition) is 4. The van der Waals surface area contributed by atoms with Gasteiger partial charge in [-0.25, -0.2) is 9.37 Å². The van der Waals surface area contributed by atoms with Crippen molar-refractivity contribution < 1.29 is 13.9 Å². The average Bonchev–Trinajstić information content (AvgIpc) is 3.16. The van der Waals surface area contributed by atoms with Gasteiger partial charge in [0.1, 0.15) is 5.82 Å². The number of ether oxygens (including phenoxy) is 1. The highest BCUT2D eigenvalue weighted by molar-refractivity contribution is 7.10. The lowest BCUT2D eigenvalue weighted by molar-refractivity contribution is -0.117. The molecule has 0 aliphatic heterocycles. The first kappa shape index (κ1) is 17.1. The smallest absolute Gasteiger partial charge is 0.233 e. The van der Waals surface area contributed by atoms with Crippen LogP contribution in [-0.2, 0) is 4.79 Å². The van der Waals surface area contributed by atoms with Crippen LogP contribution >= 0.6 is 11.3 Å². The molecule has 1 N–H and O–H groups in total. The van der Waals surface area contributed by atoms with Gasteiger partial charge in [-0.15, -0.1) is 11.3 Å². The first-order valence-corrected chi connectivity index (χ1v) is 8.60. The van der Waals surface area contributed by atoms with Gasteiger partial charge in [0, 0.05) is 11.1 Å². The van der Waals surface area contributed by atoms with Crippen molar-refractivity contribution in [3.8, 4) is 16.9 Å². The Kier molecular flexibility index (Phi) is 5.09. The first-order valence-electron chi connectivity index (χ1n) is 7.72. The van der Waals surface area contributed by atoms with Gasteiger partial charge in [0.2, 0.25) is 5.91 Å². The number of rotatable bonds is 5. The lowest BCUT2D eigenvalue weighted by Crippen LogP contribution is -2.18. The summed E-state index contributed by atoms with van der Waals surface area (Å²) in [6.45, 7) is 1.86. The van der Waals surface area contributed by atoms with Gasteiger partial charge in [0.05, 0.1) is 13.0 Å². The summed E-state index contributed by atoms with van der Waals surface area (Å²) in [5.41, 5.74) is 1.59. The van der Waals surface area contributed by atoms with Crippen LogP contribution in [0.3, 0.4) is 0 Å². The lowest BCUT2D eigenvalue weighted by Gasteiger charge is -2.11. The van der Waals surface area contributed by atoms with Crippen LogP contribution in [-0.4, -0.2) is 18.0 Å². The number of thiophene rings is 1. The third-order valence-corrected chi connectivity index (χ3v) is 4.91. The fraction of sp³-hybridized carbons (Fsp3) is 0.158. The third-order valence-electron chi connectivity index (χ3n) is 3.86. The molecule has 4 nitrogen and oxygen atoms in total. The molecule has 0 spiro atoms. The van der Waals surface area contributed by atoms with Crippen LogP contribution in [0.25, 0.3) is 11.1 Å². The summed E-state index contributed by atoms with van der Waals surface area (Å²) < 4.78 is 18.6. The van der Waals surface area contributed by atoms with Crippen molar-refractivity contribution in [3.63, 3.8) is 0 Å². The number of nitrogens with zero attached hydrogens (tertiary/aromatic N) is 1. The van der Waals surface area contributed by atoms with Crippen LogP contribution in [0.15, 0.2) is 54.0 Å². The Labute approximate surface area is 149 Å². The van der Waals surface area contributed by atoms with Gasteiger partial charge in [-0.2, -0.15) is 0 Å². The molecule has 3 rings (SSSR count). The highest BCUT2D eigenvalue weighted by atomic mass is 32.1. The predicted octanol–water partition coefficient (Wildman–Crippen LogP) is 4.70. The maximum atomic E-state index is 13.6. The fourth-order valence-corrected chi connectivity index (χ4v) is 3.20. The number of halogens is 1. The quantitative estimate of drug-likeness (QED) is 0.721. The molecule has 0 bridgehead atoms. The van der Waals surface area contributed by atoms with Gasteiger partial charge in [0.25, 0.3) is 0 Å². The molecule has 1 amide bonds. The van der Waals surface area contributed by atoms with Crippen molar-refractivity contribution in [1.29, 1.82) is 0 Å². The second-order valence-electron chi connectivity index (χ2n) is 5.51. The predicted molar refractivity (Wildman–Crippen MR) is 97.5 cm³/mol. The summed E-state index contributed by atoms with van der Waals surface area (Å²) >= 11 is 1.54. The zero-order chi connectivity index (χ0) is 17.8. The van der Waals surface area contributed by atoms with E-state index in [0.717, 1.165) is 16.0 Å². The lowest BCUT2D eigenvalue weighted by atomic mass is 10.1. The van der Waals surface area contributed by atoms with Crippen LogP contribution < -0.4 is 10.1 Å². The minimum atomic E-state index is -0.418. The third kappa shape index (κ3) is 3.85. The van der Waals surface area contributed by atoms with Crippen LogP contribution in [0.5, 0.6) is 5.75 Å². The normalized spacial score (nSPS) is 11.8. The van der Waals surface area contributed by atoms with E-state index in [-0.39, 0.29) is 17.6 Å². The SMILES string of the molecule is COc1cc(-c2ccnc(NC(=O)[C@@H](C)c3cccs3)c2)ccc1F. The van der Waals surface area contributed by atoms with Gasteiger partial charge in [0.15, 0.2) is 11.6 Å². The molecule has 0 radical (unpaired) electrons. The summed E-state index contributed by atoms with van der Waals surface area (Å²) in [4.78, 5) is 17.6. The van der Waals surface area contributed by atoms with Crippen molar-refractivity contribution in [2.45, 2.75) is 12.8 Å². The Balaban J connectivity index is 1.81. The van der Waals surface area contributed by atoms with Crippen molar-refractivity contribution in [2.24, 2.45) is 0 Å². The van der Waals surface area contributed by atoms with E-state index in [1.54, 1.807) is 41.8 Å². The molecule has 25 heavy (non-hydrogen) atoms. The summed E-state index contributed by atoms with van der Waals surface area (Å²) in [7, 11) is 1.42. The number of carbonyl (C=O) groups excluding carboxylic acids is 1. The number of benzene rings is 1. The zero-order valence-corrected chi connectivity index (χ0v) is 14.6. The Bertz CT molecular complexity index is 881. The molecule has 0 saturated carbocycles. The molecule has 0 aliphatic rings. The summed E-state index contributed by atoms with van der Waals surface area (Å²) in [6, 6.07) is 12.0. The Morgan fingerprint density at radius 2 is 2.04 bits per heavy atom. The van der Waals surface area contributed by atoms with Crippen LogP contribution in [0, 0.1) is 5.82 Å². The molecular formula is C19H17FN2O2S. The Hall–Kier alpha value is -2.73. The molecule has 2 heterocycles. The van der Waals surface area contributed by atoms with Crippen LogP contribution in [0.2, 0.25) is 0 Å². The number of nitrogens with one attached hydrogen (secondary N) is 1. The summed E-state index contributed by atoms with van der Waals surface area (Å²) in [5.74, 6) is -0.167. The molecule has 0 aliphatic carbocycles. The molecule has 6 heteroatoms. The van der Waals surface area contributed by atoms with Gasteiger partial charge in [-0.1, -0.05) is 12.1 Å². The zero-order valence-electron chi connectivity index (χ0n) is 13.8. The first-order chi connectivity index (χ1) is 12.1. The largest absolute Gasteiger partial charge is 0.494 e. The van der Waals surface area contributed by atoms with Crippen LogP contribution in [0.4, 0.5) is 10.2 Å². The van der Waals surface area contributed by atoms with Crippen LogP contribution in [0.1, 0.15) is 17.7 Å². The van der Waals surface area contributed by atoms with Gasteiger partial charge >= 0.3 is 0 Å². The van der Waals surface area contributed by atoms with Crippen molar-refractivity contribution in [1.82, 2.24) is 4.98 Å². The summed E-state index contributed by atoms with van der Waals surface area (Å²) in [5, 5.41) is 4.78. The second-order valence-corrected chi connectivity index (χ2v) is 6.48. The minimum absolute atomic E-state index is 0.121. The molecule has 128 valence electrons. The summed E-state index contributed by atoms with van der Waals surface area (Å²) in [6.07, 6.45) is 1.61. The maximum Gasteiger partial charge on any atom is 0.233 e. The number of hydrogen-bond donors (Lipinski definition) is 1. The molecule has 3 aromatic rings. The number of aromatic nitrogens is 1. The van der Waals surface area contributed by atoms with Gasteiger partial charge in [-0.3, -0.25) is 4.79 Å². The molecule has 2 aromatic heterocycles. The standard InChI is InChI=1S/C19H17FN2O2S/c1-12(17-4-3-9-25-17)19(23)22-18-11-14(7-8-21-18)13-5-6-15(20)16(10-13)24-2/h3-12H,1-2H3,(H,21,22,23)/t12-/m0/s1. The van der Waals surface area contributed by atoms with E-state index in [1.165, 1.54) is 13.2 Å². The van der Waals surface area contributed by atoms with E-state index in [2.05, 4.69) is 10.3 Å².